The van der Waals surface area contributed by atoms with Crippen LogP contribution < -0.4 is 19.5 Å². The Morgan fingerprint density at radius 1 is 0.723 bits per heavy atom. The van der Waals surface area contributed by atoms with Crippen molar-refractivity contribution in [3.05, 3.63) is 119 Å². The molecule has 0 aromatic heterocycles. The Morgan fingerprint density at radius 2 is 1.28 bits per heavy atom. The largest absolute Gasteiger partial charge is 0.497 e. The molecule has 0 unspecified atom stereocenters. The first kappa shape index (κ1) is 34.2. The smallest absolute Gasteiger partial charge is 0.343 e. The van der Waals surface area contributed by atoms with Gasteiger partial charge in [-0.05, 0) is 96.8 Å². The predicted molar refractivity (Wildman–Crippen MR) is 177 cm³/mol. The summed E-state index contributed by atoms with van der Waals surface area (Å²) in [5.41, 5.74) is 2.59. The van der Waals surface area contributed by atoms with Gasteiger partial charge in [0.25, 0.3) is 5.91 Å². The lowest BCUT2D eigenvalue weighted by Gasteiger charge is -2.21. The molecule has 0 atom stereocenters. The molecule has 244 valence electrons. The van der Waals surface area contributed by atoms with Gasteiger partial charge in [-0.25, -0.2) is 4.79 Å². The number of carboxylic acid groups (broad SMARTS) is 1. The van der Waals surface area contributed by atoms with E-state index in [0.717, 1.165) is 18.4 Å². The molecule has 4 aromatic rings. The van der Waals surface area contributed by atoms with Crippen LogP contribution in [-0.4, -0.2) is 53.5 Å². The monoisotopic (exact) mass is 638 g/mol. The van der Waals surface area contributed by atoms with Gasteiger partial charge in [0.2, 0.25) is 5.91 Å². The molecule has 47 heavy (non-hydrogen) atoms. The van der Waals surface area contributed by atoms with Crippen LogP contribution in [0.15, 0.2) is 97.1 Å². The van der Waals surface area contributed by atoms with E-state index in [0.29, 0.717) is 34.1 Å². The van der Waals surface area contributed by atoms with Crippen molar-refractivity contribution >= 4 is 29.4 Å². The van der Waals surface area contributed by atoms with Gasteiger partial charge in [0.15, 0.2) is 0 Å². The van der Waals surface area contributed by atoms with Crippen molar-refractivity contribution in [2.75, 3.05) is 19.0 Å². The molecule has 0 aliphatic carbocycles. The van der Waals surface area contributed by atoms with Crippen LogP contribution in [0.1, 0.15) is 58.5 Å². The van der Waals surface area contributed by atoms with E-state index in [1.807, 2.05) is 12.1 Å². The lowest BCUT2D eigenvalue weighted by molar-refractivity contribution is -0.137. The number of carboxylic acids is 1. The summed E-state index contributed by atoms with van der Waals surface area (Å²) in [7, 11) is 1.57. The summed E-state index contributed by atoms with van der Waals surface area (Å²) in [5, 5.41) is 12.3. The highest BCUT2D eigenvalue weighted by molar-refractivity contribution is 5.97. The number of methoxy groups -OCH3 is 1. The number of nitrogens with one attached hydrogen (secondary N) is 1. The molecule has 0 spiro atoms. The van der Waals surface area contributed by atoms with E-state index in [4.69, 9.17) is 14.2 Å². The van der Waals surface area contributed by atoms with Crippen molar-refractivity contribution in [2.45, 2.75) is 45.8 Å². The van der Waals surface area contributed by atoms with Crippen LogP contribution in [0.2, 0.25) is 0 Å². The van der Waals surface area contributed by atoms with Gasteiger partial charge in [0, 0.05) is 17.8 Å². The highest BCUT2D eigenvalue weighted by atomic mass is 16.5. The molecular formula is C37H38N2O8. The average Bonchev–Trinajstić information content (AvgIpc) is 3.08. The van der Waals surface area contributed by atoms with Crippen molar-refractivity contribution < 1.29 is 38.5 Å². The second kappa shape index (κ2) is 16.6. The summed E-state index contributed by atoms with van der Waals surface area (Å²) < 4.78 is 16.5. The number of carbonyl (C=O) groups excluding carboxylic acids is 3. The minimum absolute atomic E-state index is 0.0116. The summed E-state index contributed by atoms with van der Waals surface area (Å²) >= 11 is 0. The van der Waals surface area contributed by atoms with Crippen LogP contribution >= 0.6 is 0 Å². The molecule has 2 amide bonds. The summed E-state index contributed by atoms with van der Waals surface area (Å²) in [5.74, 6) is -0.727. The molecule has 0 aliphatic rings. The topological polar surface area (TPSA) is 131 Å². The van der Waals surface area contributed by atoms with Gasteiger partial charge in [-0.3, -0.25) is 14.4 Å². The lowest BCUT2D eigenvalue weighted by atomic mass is 10.1. The fourth-order valence-corrected chi connectivity index (χ4v) is 4.74. The first-order valence-corrected chi connectivity index (χ1v) is 15.3. The third kappa shape index (κ3) is 10.2. The number of ether oxygens (including phenoxy) is 3. The van der Waals surface area contributed by atoms with E-state index in [2.05, 4.69) is 19.2 Å². The average molecular weight is 639 g/mol. The Bertz CT molecular complexity index is 1650. The molecule has 10 nitrogen and oxygen atoms in total. The number of hydrogen-bond acceptors (Lipinski definition) is 7. The van der Waals surface area contributed by atoms with Crippen molar-refractivity contribution in [3.8, 4) is 17.2 Å². The number of hydrogen-bond donors (Lipinski definition) is 2. The van der Waals surface area contributed by atoms with E-state index in [-0.39, 0.29) is 30.5 Å². The highest BCUT2D eigenvalue weighted by Crippen LogP contribution is 2.20. The van der Waals surface area contributed by atoms with Gasteiger partial charge in [-0.1, -0.05) is 38.1 Å². The highest BCUT2D eigenvalue weighted by Gasteiger charge is 2.20. The Morgan fingerprint density at radius 3 is 1.85 bits per heavy atom. The number of nitrogens with zero attached hydrogens (tertiary/aromatic N) is 1. The molecule has 10 heteroatoms. The number of aliphatic carboxylic acids is 1. The molecule has 0 saturated carbocycles. The van der Waals surface area contributed by atoms with Crippen molar-refractivity contribution in [3.63, 3.8) is 0 Å². The molecule has 0 fully saturated rings. The van der Waals surface area contributed by atoms with Crippen LogP contribution in [0.3, 0.4) is 0 Å². The third-order valence-corrected chi connectivity index (χ3v) is 7.36. The summed E-state index contributed by atoms with van der Waals surface area (Å²) in [4.78, 5) is 51.2. The summed E-state index contributed by atoms with van der Waals surface area (Å²) in [6, 6.07) is 26.7. The fraction of sp³-hybridized carbons (Fsp3) is 0.243. The number of carbonyl (C=O) groups is 4. The van der Waals surface area contributed by atoms with E-state index in [1.54, 1.807) is 79.9 Å². The van der Waals surface area contributed by atoms with Crippen molar-refractivity contribution in [1.29, 1.82) is 0 Å². The van der Waals surface area contributed by atoms with E-state index >= 15 is 0 Å². The first-order valence-electron chi connectivity index (χ1n) is 15.3. The van der Waals surface area contributed by atoms with Gasteiger partial charge in [-0.15, -0.1) is 0 Å². The SMILES string of the molecule is CCC(CC)Oc1ccc(C(=O)Oc2ccc(CN(CC(=O)O)C(=O)c3ccc(NC(=O)Cc4ccc(OC)cc4)cc3)cc2)cc1. The quantitative estimate of drug-likeness (QED) is 0.113. The van der Waals surface area contributed by atoms with Crippen LogP contribution in [0, 0.1) is 0 Å². The lowest BCUT2D eigenvalue weighted by Crippen LogP contribution is -2.35. The van der Waals surface area contributed by atoms with Gasteiger partial charge in [0.1, 0.15) is 23.8 Å². The number of rotatable bonds is 15. The Hall–Kier alpha value is -5.64. The molecule has 4 aromatic carbocycles. The second-order valence-electron chi connectivity index (χ2n) is 10.8. The zero-order valence-electron chi connectivity index (χ0n) is 26.6. The molecule has 0 saturated heterocycles. The second-order valence-corrected chi connectivity index (χ2v) is 10.8. The maximum atomic E-state index is 13.3. The van der Waals surface area contributed by atoms with Crippen molar-refractivity contribution in [2.24, 2.45) is 0 Å². The normalized spacial score (nSPS) is 10.6. The van der Waals surface area contributed by atoms with E-state index in [9.17, 15) is 24.3 Å². The van der Waals surface area contributed by atoms with Crippen molar-refractivity contribution in [1.82, 2.24) is 4.90 Å². The number of esters is 1. The van der Waals surface area contributed by atoms with Gasteiger partial charge in [0.05, 0.1) is 25.2 Å². The maximum absolute atomic E-state index is 13.3. The summed E-state index contributed by atoms with van der Waals surface area (Å²) in [6.45, 7) is 3.61. The molecule has 0 aliphatic heterocycles. The number of benzene rings is 4. The molecule has 0 heterocycles. The third-order valence-electron chi connectivity index (χ3n) is 7.36. The van der Waals surface area contributed by atoms with E-state index < -0.39 is 24.4 Å². The number of anilines is 1. The van der Waals surface area contributed by atoms with Gasteiger partial charge >= 0.3 is 11.9 Å². The van der Waals surface area contributed by atoms with Crippen LogP contribution in [0.25, 0.3) is 0 Å². The summed E-state index contributed by atoms with van der Waals surface area (Å²) in [6.07, 6.45) is 2.06. The minimum Gasteiger partial charge on any atom is -0.497 e. The zero-order chi connectivity index (χ0) is 33.8. The van der Waals surface area contributed by atoms with E-state index in [1.165, 1.54) is 17.0 Å². The molecule has 4 rings (SSSR count). The van der Waals surface area contributed by atoms with Gasteiger partial charge < -0.3 is 29.5 Å². The maximum Gasteiger partial charge on any atom is 0.343 e. The Balaban J connectivity index is 1.34. The standard InChI is InChI=1S/C37H38N2O8/c1-4-30(5-2)46-32-20-12-28(13-21-32)37(44)47-33-18-8-26(9-19-33)23-39(24-35(41)42)36(43)27-10-14-29(15-11-27)38-34(40)22-25-6-16-31(45-3)17-7-25/h6-21,30H,4-5,22-24H2,1-3H3,(H,38,40)(H,41,42). The number of amides is 2. The molecule has 0 bridgehead atoms. The first-order chi connectivity index (χ1) is 22.7. The molecular weight excluding hydrogens is 600 g/mol. The Kier molecular flexibility index (Phi) is 12.1. The molecule has 0 radical (unpaired) electrons. The minimum atomic E-state index is -1.16. The fourth-order valence-electron chi connectivity index (χ4n) is 4.74. The molecule has 2 N–H and O–H groups in total. The van der Waals surface area contributed by atoms with Crippen LogP contribution in [0.4, 0.5) is 5.69 Å². The zero-order valence-corrected chi connectivity index (χ0v) is 26.6. The van der Waals surface area contributed by atoms with Crippen LogP contribution in [0.5, 0.6) is 17.2 Å². The van der Waals surface area contributed by atoms with Crippen LogP contribution in [-0.2, 0) is 22.6 Å². The Labute approximate surface area is 273 Å². The predicted octanol–water partition coefficient (Wildman–Crippen LogP) is 6.39. The van der Waals surface area contributed by atoms with Gasteiger partial charge in [-0.2, -0.15) is 0 Å².